The lowest BCUT2D eigenvalue weighted by Crippen LogP contribution is -2.38. The number of aryl methyl sites for hydroxylation is 1. The van der Waals surface area contributed by atoms with Crippen LogP contribution in [0.2, 0.25) is 0 Å². The summed E-state index contributed by atoms with van der Waals surface area (Å²) in [6.07, 6.45) is 3.19. The lowest BCUT2D eigenvalue weighted by molar-refractivity contribution is -0.135. The molecule has 7 nitrogen and oxygen atoms in total. The monoisotopic (exact) mass is 416 g/mol. The molecule has 2 saturated heterocycles. The molecule has 2 aromatic heterocycles. The van der Waals surface area contributed by atoms with Crippen LogP contribution in [0.25, 0.3) is 11.3 Å². The molecular weight excluding hydrogens is 392 g/mol. The van der Waals surface area contributed by atoms with E-state index < -0.39 is 5.41 Å². The van der Waals surface area contributed by atoms with Crippen molar-refractivity contribution >= 4 is 11.8 Å². The average molecular weight is 416 g/mol. The molecule has 2 fully saturated rings. The van der Waals surface area contributed by atoms with E-state index in [1.165, 1.54) is 0 Å². The SMILES string of the molecule is Cc1onc(-c2ccccc2)c1C(=O)N1CCC2(CCN(Cc3ccccn3)C2=O)C1. The van der Waals surface area contributed by atoms with Crippen molar-refractivity contribution in [2.75, 3.05) is 19.6 Å². The molecule has 1 unspecified atom stereocenters. The fourth-order valence-corrected chi connectivity index (χ4v) is 4.73. The van der Waals surface area contributed by atoms with Crippen LogP contribution in [0.4, 0.5) is 0 Å². The van der Waals surface area contributed by atoms with Gasteiger partial charge in [-0.05, 0) is 31.9 Å². The third-order valence-electron chi connectivity index (χ3n) is 6.44. The van der Waals surface area contributed by atoms with Gasteiger partial charge in [0.25, 0.3) is 5.91 Å². The van der Waals surface area contributed by atoms with Gasteiger partial charge in [0, 0.05) is 31.4 Å². The summed E-state index contributed by atoms with van der Waals surface area (Å²) in [5.74, 6) is 0.503. The Labute approximate surface area is 180 Å². The molecule has 1 aromatic carbocycles. The van der Waals surface area contributed by atoms with E-state index in [2.05, 4.69) is 10.1 Å². The minimum Gasteiger partial charge on any atom is -0.360 e. The number of hydrogen-bond donors (Lipinski definition) is 0. The number of carbonyl (C=O) groups is 2. The summed E-state index contributed by atoms with van der Waals surface area (Å²) in [4.78, 5) is 34.7. The quantitative estimate of drug-likeness (QED) is 0.652. The first-order chi connectivity index (χ1) is 15.1. The molecule has 1 spiro atoms. The van der Waals surface area contributed by atoms with E-state index in [1.807, 2.05) is 53.4 Å². The van der Waals surface area contributed by atoms with Crippen molar-refractivity contribution < 1.29 is 14.1 Å². The Balaban J connectivity index is 1.34. The Hall–Kier alpha value is -3.48. The highest BCUT2D eigenvalue weighted by Crippen LogP contribution is 2.42. The van der Waals surface area contributed by atoms with Gasteiger partial charge in [0.1, 0.15) is 17.0 Å². The van der Waals surface area contributed by atoms with Crippen molar-refractivity contribution in [2.45, 2.75) is 26.3 Å². The summed E-state index contributed by atoms with van der Waals surface area (Å²) in [5.41, 5.74) is 2.27. The minimum atomic E-state index is -0.498. The first kappa shape index (κ1) is 19.5. The third kappa shape index (κ3) is 3.40. The number of amides is 2. The normalized spacial score (nSPS) is 20.7. The van der Waals surface area contributed by atoms with Crippen LogP contribution in [0.1, 0.15) is 34.7 Å². The van der Waals surface area contributed by atoms with Gasteiger partial charge in [-0.3, -0.25) is 14.6 Å². The first-order valence-electron chi connectivity index (χ1n) is 10.6. The van der Waals surface area contributed by atoms with E-state index in [0.29, 0.717) is 49.6 Å². The standard InChI is InChI=1S/C24H24N4O3/c1-17-20(21(26-31-17)18-7-3-2-4-8-18)22(29)28-14-11-24(16-28)10-13-27(23(24)30)15-19-9-5-6-12-25-19/h2-9,12H,10-11,13-16H2,1H3. The van der Waals surface area contributed by atoms with Gasteiger partial charge >= 0.3 is 0 Å². The zero-order valence-electron chi connectivity index (χ0n) is 17.5. The van der Waals surface area contributed by atoms with Gasteiger partial charge in [-0.25, -0.2) is 0 Å². The first-order valence-corrected chi connectivity index (χ1v) is 10.6. The van der Waals surface area contributed by atoms with Crippen molar-refractivity contribution in [1.82, 2.24) is 19.9 Å². The van der Waals surface area contributed by atoms with E-state index in [9.17, 15) is 9.59 Å². The molecular formula is C24H24N4O3. The van der Waals surface area contributed by atoms with Gasteiger partial charge in [0.15, 0.2) is 0 Å². The second-order valence-electron chi connectivity index (χ2n) is 8.38. The average Bonchev–Trinajstić information content (AvgIpc) is 3.49. The van der Waals surface area contributed by atoms with Crippen LogP contribution in [0, 0.1) is 12.3 Å². The highest BCUT2D eigenvalue weighted by atomic mass is 16.5. The van der Waals surface area contributed by atoms with Crippen molar-refractivity contribution in [3.8, 4) is 11.3 Å². The summed E-state index contributed by atoms with van der Waals surface area (Å²) >= 11 is 0. The molecule has 0 radical (unpaired) electrons. The fraction of sp³-hybridized carbons (Fsp3) is 0.333. The van der Waals surface area contributed by atoms with Crippen LogP contribution in [-0.4, -0.2) is 51.4 Å². The highest BCUT2D eigenvalue weighted by Gasteiger charge is 2.52. The Kier molecular flexibility index (Phi) is 4.81. The molecule has 2 aliphatic rings. The Morgan fingerprint density at radius 3 is 2.65 bits per heavy atom. The summed E-state index contributed by atoms with van der Waals surface area (Å²) in [7, 11) is 0. The zero-order valence-corrected chi connectivity index (χ0v) is 17.5. The number of hydrogen-bond acceptors (Lipinski definition) is 5. The topological polar surface area (TPSA) is 79.5 Å². The number of benzene rings is 1. The maximum atomic E-state index is 13.4. The maximum absolute atomic E-state index is 13.4. The van der Waals surface area contributed by atoms with Gasteiger partial charge in [-0.1, -0.05) is 41.6 Å². The lowest BCUT2D eigenvalue weighted by Gasteiger charge is -2.23. The molecule has 3 aromatic rings. The molecule has 0 aliphatic carbocycles. The summed E-state index contributed by atoms with van der Waals surface area (Å²) < 4.78 is 5.37. The van der Waals surface area contributed by atoms with Gasteiger partial charge in [0.2, 0.25) is 5.91 Å². The molecule has 4 heterocycles. The zero-order chi connectivity index (χ0) is 21.4. The maximum Gasteiger partial charge on any atom is 0.259 e. The van der Waals surface area contributed by atoms with Crippen LogP contribution >= 0.6 is 0 Å². The third-order valence-corrected chi connectivity index (χ3v) is 6.44. The summed E-state index contributed by atoms with van der Waals surface area (Å²) in [6.45, 7) is 3.95. The molecule has 2 amide bonds. The van der Waals surface area contributed by atoms with E-state index >= 15 is 0 Å². The van der Waals surface area contributed by atoms with Crippen LogP contribution < -0.4 is 0 Å². The van der Waals surface area contributed by atoms with Crippen molar-refractivity contribution in [3.05, 3.63) is 71.7 Å². The number of pyridine rings is 1. The van der Waals surface area contributed by atoms with Crippen LogP contribution in [0.15, 0.2) is 59.3 Å². The van der Waals surface area contributed by atoms with E-state index in [-0.39, 0.29) is 11.8 Å². The number of nitrogens with zero attached hydrogens (tertiary/aromatic N) is 4. The Morgan fingerprint density at radius 1 is 1.10 bits per heavy atom. The Morgan fingerprint density at radius 2 is 1.87 bits per heavy atom. The number of likely N-dealkylation sites (tertiary alicyclic amines) is 2. The van der Waals surface area contributed by atoms with E-state index in [1.54, 1.807) is 18.0 Å². The molecule has 5 rings (SSSR count). The Bertz CT molecular complexity index is 1110. The molecule has 31 heavy (non-hydrogen) atoms. The predicted octanol–water partition coefficient (Wildman–Crippen LogP) is 3.31. The predicted molar refractivity (Wildman–Crippen MR) is 114 cm³/mol. The molecule has 1 atom stereocenters. The minimum absolute atomic E-state index is 0.120. The molecule has 0 bridgehead atoms. The van der Waals surface area contributed by atoms with Gasteiger partial charge in [0.05, 0.1) is 17.7 Å². The molecule has 0 N–H and O–H groups in total. The second kappa shape index (κ2) is 7.65. The van der Waals surface area contributed by atoms with E-state index in [4.69, 9.17) is 4.52 Å². The highest BCUT2D eigenvalue weighted by molar-refractivity contribution is 6.01. The molecule has 7 heteroatoms. The van der Waals surface area contributed by atoms with Crippen LogP contribution in [0.5, 0.6) is 0 Å². The smallest absolute Gasteiger partial charge is 0.259 e. The number of rotatable bonds is 4. The number of aromatic nitrogens is 2. The van der Waals surface area contributed by atoms with Crippen LogP contribution in [-0.2, 0) is 11.3 Å². The van der Waals surface area contributed by atoms with Crippen LogP contribution in [0.3, 0.4) is 0 Å². The second-order valence-corrected chi connectivity index (χ2v) is 8.38. The lowest BCUT2D eigenvalue weighted by atomic mass is 9.85. The van der Waals surface area contributed by atoms with Gasteiger partial charge < -0.3 is 14.3 Å². The molecule has 158 valence electrons. The summed E-state index contributed by atoms with van der Waals surface area (Å²) in [6, 6.07) is 15.3. The van der Waals surface area contributed by atoms with Crippen molar-refractivity contribution in [3.63, 3.8) is 0 Å². The van der Waals surface area contributed by atoms with Gasteiger partial charge in [-0.2, -0.15) is 0 Å². The molecule has 0 saturated carbocycles. The van der Waals surface area contributed by atoms with Crippen molar-refractivity contribution in [1.29, 1.82) is 0 Å². The largest absolute Gasteiger partial charge is 0.360 e. The van der Waals surface area contributed by atoms with E-state index in [0.717, 1.165) is 17.7 Å². The number of carbonyl (C=O) groups excluding carboxylic acids is 2. The molecule has 2 aliphatic heterocycles. The van der Waals surface area contributed by atoms with Crippen molar-refractivity contribution in [2.24, 2.45) is 5.41 Å². The fourth-order valence-electron chi connectivity index (χ4n) is 4.73. The summed E-state index contributed by atoms with van der Waals surface area (Å²) in [5, 5.41) is 4.14. The van der Waals surface area contributed by atoms with Gasteiger partial charge in [-0.15, -0.1) is 0 Å².